The molecule has 5 heteroatoms. The summed E-state index contributed by atoms with van der Waals surface area (Å²) in [5, 5.41) is 0. The zero-order chi connectivity index (χ0) is 12.8. The number of ether oxygens (including phenoxy) is 2. The monoisotopic (exact) mass is 264 g/mol. The summed E-state index contributed by atoms with van der Waals surface area (Å²) in [5.41, 5.74) is 0.983. The highest BCUT2D eigenvalue weighted by Gasteiger charge is 2.06. The highest BCUT2D eigenvalue weighted by atomic mass is 35.5. The molecule has 0 N–H and O–H groups in total. The number of hydrogen-bond donors (Lipinski definition) is 0. The normalized spacial score (nSPS) is 10.1. The van der Waals surface area contributed by atoms with E-state index in [2.05, 4.69) is 9.97 Å². The smallest absolute Gasteiger partial charge is 0.166 e. The Morgan fingerprint density at radius 2 is 1.94 bits per heavy atom. The standard InChI is InChI=1S/C13H13ClN2O2/c1-17-12-7-10(8-14)3-4-11(12)18-9-13-15-5-2-6-16-13/h2-7H,8-9H2,1H3. The van der Waals surface area contributed by atoms with Gasteiger partial charge < -0.3 is 9.47 Å². The molecule has 0 aliphatic rings. The molecule has 2 rings (SSSR count). The summed E-state index contributed by atoms with van der Waals surface area (Å²) < 4.78 is 10.9. The fraction of sp³-hybridized carbons (Fsp3) is 0.231. The van der Waals surface area contributed by atoms with Crippen LogP contribution in [0.3, 0.4) is 0 Å². The third-order valence-electron chi connectivity index (χ3n) is 2.36. The number of halogens is 1. The minimum Gasteiger partial charge on any atom is -0.493 e. The van der Waals surface area contributed by atoms with Crippen LogP contribution in [0.1, 0.15) is 11.4 Å². The van der Waals surface area contributed by atoms with Crippen molar-refractivity contribution in [2.45, 2.75) is 12.5 Å². The number of aromatic nitrogens is 2. The second kappa shape index (κ2) is 6.21. The number of rotatable bonds is 5. The summed E-state index contributed by atoms with van der Waals surface area (Å²) in [4.78, 5) is 8.17. The third-order valence-corrected chi connectivity index (χ3v) is 2.67. The molecule has 0 bridgehead atoms. The van der Waals surface area contributed by atoms with Crippen LogP contribution >= 0.6 is 11.6 Å². The fourth-order valence-corrected chi connectivity index (χ4v) is 1.63. The second-order valence-electron chi connectivity index (χ2n) is 3.57. The van der Waals surface area contributed by atoms with Crippen molar-refractivity contribution in [3.63, 3.8) is 0 Å². The van der Waals surface area contributed by atoms with E-state index in [1.54, 1.807) is 25.6 Å². The maximum Gasteiger partial charge on any atom is 0.166 e. The number of alkyl halides is 1. The Kier molecular flexibility index (Phi) is 4.36. The van der Waals surface area contributed by atoms with Crippen LogP contribution in [0.15, 0.2) is 36.7 Å². The molecule has 0 amide bonds. The topological polar surface area (TPSA) is 44.2 Å². The van der Waals surface area contributed by atoms with Crippen LogP contribution in [0.5, 0.6) is 11.5 Å². The van der Waals surface area contributed by atoms with E-state index in [-0.39, 0.29) is 0 Å². The number of hydrogen-bond acceptors (Lipinski definition) is 4. The Labute approximate surface area is 111 Å². The van der Waals surface area contributed by atoms with Crippen molar-refractivity contribution in [3.05, 3.63) is 48.0 Å². The first-order chi connectivity index (χ1) is 8.83. The highest BCUT2D eigenvalue weighted by molar-refractivity contribution is 6.17. The minimum absolute atomic E-state index is 0.303. The van der Waals surface area contributed by atoms with Gasteiger partial charge >= 0.3 is 0 Å². The molecule has 0 atom stereocenters. The van der Waals surface area contributed by atoms with Gasteiger partial charge in [0.25, 0.3) is 0 Å². The molecule has 0 aliphatic heterocycles. The lowest BCUT2D eigenvalue weighted by molar-refractivity contribution is 0.276. The van der Waals surface area contributed by atoms with E-state index in [4.69, 9.17) is 21.1 Å². The summed E-state index contributed by atoms with van der Waals surface area (Å²) in [5.74, 6) is 2.38. The number of methoxy groups -OCH3 is 1. The molecule has 0 saturated heterocycles. The first kappa shape index (κ1) is 12.6. The summed E-state index contributed by atoms with van der Waals surface area (Å²) in [6.45, 7) is 0.303. The molecule has 4 nitrogen and oxygen atoms in total. The van der Waals surface area contributed by atoms with Gasteiger partial charge in [-0.25, -0.2) is 9.97 Å². The van der Waals surface area contributed by atoms with Gasteiger partial charge in [0, 0.05) is 18.3 Å². The molecule has 18 heavy (non-hydrogen) atoms. The maximum absolute atomic E-state index is 5.76. The Balaban J connectivity index is 2.09. The van der Waals surface area contributed by atoms with Gasteiger partial charge in [-0.2, -0.15) is 0 Å². The molecule has 0 aliphatic carbocycles. The SMILES string of the molecule is COc1cc(CCl)ccc1OCc1ncccn1. The van der Waals surface area contributed by atoms with Crippen LogP contribution in [0.4, 0.5) is 0 Å². The lowest BCUT2D eigenvalue weighted by atomic mass is 10.2. The molecule has 2 aromatic rings. The first-order valence-corrected chi connectivity index (χ1v) is 5.98. The van der Waals surface area contributed by atoms with Crippen molar-refractivity contribution in [1.82, 2.24) is 9.97 Å². The maximum atomic E-state index is 5.76. The van der Waals surface area contributed by atoms with Gasteiger partial charge in [-0.15, -0.1) is 11.6 Å². The van der Waals surface area contributed by atoms with Gasteiger partial charge in [-0.1, -0.05) is 6.07 Å². The molecule has 0 fully saturated rings. The third kappa shape index (κ3) is 3.11. The van der Waals surface area contributed by atoms with E-state index in [1.807, 2.05) is 18.2 Å². The largest absolute Gasteiger partial charge is 0.493 e. The molecule has 1 aromatic carbocycles. The zero-order valence-corrected chi connectivity index (χ0v) is 10.7. The number of nitrogens with zero attached hydrogens (tertiary/aromatic N) is 2. The van der Waals surface area contributed by atoms with E-state index >= 15 is 0 Å². The van der Waals surface area contributed by atoms with E-state index in [0.717, 1.165) is 5.56 Å². The van der Waals surface area contributed by atoms with Gasteiger partial charge in [-0.05, 0) is 23.8 Å². The first-order valence-electron chi connectivity index (χ1n) is 5.45. The van der Waals surface area contributed by atoms with Gasteiger partial charge in [0.05, 0.1) is 7.11 Å². The van der Waals surface area contributed by atoms with E-state index < -0.39 is 0 Å². The van der Waals surface area contributed by atoms with Crippen LogP contribution < -0.4 is 9.47 Å². The molecule has 1 heterocycles. The van der Waals surface area contributed by atoms with Crippen LogP contribution in [-0.4, -0.2) is 17.1 Å². The van der Waals surface area contributed by atoms with Crippen LogP contribution in [-0.2, 0) is 12.5 Å². The molecule has 1 aromatic heterocycles. The minimum atomic E-state index is 0.303. The molecule has 0 radical (unpaired) electrons. The van der Waals surface area contributed by atoms with Crippen molar-refractivity contribution in [3.8, 4) is 11.5 Å². The van der Waals surface area contributed by atoms with Crippen molar-refractivity contribution in [1.29, 1.82) is 0 Å². The Morgan fingerprint density at radius 1 is 1.17 bits per heavy atom. The lowest BCUT2D eigenvalue weighted by Crippen LogP contribution is -2.01. The second-order valence-corrected chi connectivity index (χ2v) is 3.84. The van der Waals surface area contributed by atoms with Crippen LogP contribution in [0.2, 0.25) is 0 Å². The van der Waals surface area contributed by atoms with Crippen LogP contribution in [0, 0.1) is 0 Å². The summed E-state index contributed by atoms with van der Waals surface area (Å²) in [6, 6.07) is 7.35. The summed E-state index contributed by atoms with van der Waals surface area (Å²) >= 11 is 5.76. The van der Waals surface area contributed by atoms with Crippen molar-refractivity contribution >= 4 is 11.6 Å². The predicted molar refractivity (Wildman–Crippen MR) is 68.9 cm³/mol. The molecular weight excluding hydrogens is 252 g/mol. The van der Waals surface area contributed by atoms with Crippen molar-refractivity contribution in [2.75, 3.05) is 7.11 Å². The summed E-state index contributed by atoms with van der Waals surface area (Å²) in [7, 11) is 1.60. The highest BCUT2D eigenvalue weighted by Crippen LogP contribution is 2.29. The Bertz CT molecular complexity index is 506. The van der Waals surface area contributed by atoms with Gasteiger partial charge in [0.1, 0.15) is 6.61 Å². The van der Waals surface area contributed by atoms with Gasteiger partial charge in [-0.3, -0.25) is 0 Å². The van der Waals surface area contributed by atoms with Crippen molar-refractivity contribution < 1.29 is 9.47 Å². The lowest BCUT2D eigenvalue weighted by Gasteiger charge is -2.10. The Hall–Kier alpha value is -1.81. The van der Waals surface area contributed by atoms with E-state index in [0.29, 0.717) is 29.8 Å². The molecule has 0 unspecified atom stereocenters. The average molecular weight is 265 g/mol. The van der Waals surface area contributed by atoms with E-state index in [1.165, 1.54) is 0 Å². The number of benzene rings is 1. The Morgan fingerprint density at radius 3 is 2.61 bits per heavy atom. The molecular formula is C13H13ClN2O2. The van der Waals surface area contributed by atoms with Crippen molar-refractivity contribution in [2.24, 2.45) is 0 Å². The molecule has 94 valence electrons. The van der Waals surface area contributed by atoms with Gasteiger partial charge in [0.15, 0.2) is 17.3 Å². The molecule has 0 saturated carbocycles. The zero-order valence-electron chi connectivity index (χ0n) is 9.97. The predicted octanol–water partition coefficient (Wildman–Crippen LogP) is 2.80. The summed E-state index contributed by atoms with van der Waals surface area (Å²) in [6.07, 6.45) is 3.36. The van der Waals surface area contributed by atoms with Gasteiger partial charge in [0.2, 0.25) is 0 Å². The average Bonchev–Trinajstić information content (AvgIpc) is 2.46. The molecule has 0 spiro atoms. The fourth-order valence-electron chi connectivity index (χ4n) is 1.46. The van der Waals surface area contributed by atoms with Crippen LogP contribution in [0.25, 0.3) is 0 Å². The quantitative estimate of drug-likeness (QED) is 0.779. The van der Waals surface area contributed by atoms with E-state index in [9.17, 15) is 0 Å².